The van der Waals surface area contributed by atoms with Gasteiger partial charge in [-0.05, 0) is 38.4 Å². The zero-order valence-corrected chi connectivity index (χ0v) is 13.8. The van der Waals surface area contributed by atoms with Gasteiger partial charge in [-0.3, -0.25) is 0 Å². The van der Waals surface area contributed by atoms with Gasteiger partial charge < -0.3 is 19.7 Å². The standard InChI is InChI=1S/C17H28N2O2/c1-12-9-10-19(11-16(12)21-5)14-7-6-8-15(20-4)17(14)13(2)18-3/h6-8,12-13,16,18H,9-11H2,1-5H3. The molecule has 2 rings (SSSR count). The van der Waals surface area contributed by atoms with Crippen LogP contribution in [0.15, 0.2) is 18.2 Å². The molecular formula is C17H28N2O2. The molecule has 1 aliphatic rings. The first kappa shape index (κ1) is 16.1. The predicted octanol–water partition coefficient (Wildman–Crippen LogP) is 2.84. The van der Waals surface area contributed by atoms with Crippen LogP contribution in [0.3, 0.4) is 0 Å². The fourth-order valence-electron chi connectivity index (χ4n) is 3.13. The average molecular weight is 292 g/mol. The van der Waals surface area contributed by atoms with Gasteiger partial charge in [-0.2, -0.15) is 0 Å². The van der Waals surface area contributed by atoms with E-state index in [1.165, 1.54) is 11.3 Å². The van der Waals surface area contributed by atoms with Crippen molar-refractivity contribution in [3.05, 3.63) is 23.8 Å². The number of benzene rings is 1. The highest BCUT2D eigenvalue weighted by molar-refractivity contribution is 5.61. The molecule has 1 aromatic rings. The van der Waals surface area contributed by atoms with Crippen LogP contribution in [-0.4, -0.2) is 40.5 Å². The van der Waals surface area contributed by atoms with Crippen LogP contribution < -0.4 is 15.0 Å². The van der Waals surface area contributed by atoms with Gasteiger partial charge in [0.05, 0.1) is 13.2 Å². The van der Waals surface area contributed by atoms with Crippen LogP contribution in [0.4, 0.5) is 5.69 Å². The zero-order valence-electron chi connectivity index (χ0n) is 13.8. The van der Waals surface area contributed by atoms with Gasteiger partial charge in [0.2, 0.25) is 0 Å². The smallest absolute Gasteiger partial charge is 0.125 e. The molecule has 4 heteroatoms. The van der Waals surface area contributed by atoms with Crippen molar-refractivity contribution >= 4 is 5.69 Å². The minimum atomic E-state index is 0.247. The summed E-state index contributed by atoms with van der Waals surface area (Å²) in [6.45, 7) is 6.45. The van der Waals surface area contributed by atoms with Crippen molar-refractivity contribution in [1.82, 2.24) is 5.32 Å². The van der Waals surface area contributed by atoms with Crippen molar-refractivity contribution in [3.8, 4) is 5.75 Å². The van der Waals surface area contributed by atoms with Crippen molar-refractivity contribution in [2.24, 2.45) is 5.92 Å². The van der Waals surface area contributed by atoms with Crippen molar-refractivity contribution in [3.63, 3.8) is 0 Å². The van der Waals surface area contributed by atoms with Gasteiger partial charge in [0.25, 0.3) is 0 Å². The fourth-order valence-corrected chi connectivity index (χ4v) is 3.13. The van der Waals surface area contributed by atoms with Gasteiger partial charge in [0.15, 0.2) is 0 Å². The van der Waals surface area contributed by atoms with Crippen molar-refractivity contribution < 1.29 is 9.47 Å². The van der Waals surface area contributed by atoms with E-state index >= 15 is 0 Å². The zero-order chi connectivity index (χ0) is 15.4. The molecule has 0 amide bonds. The molecule has 0 aromatic heterocycles. The number of hydrogen-bond donors (Lipinski definition) is 1. The number of methoxy groups -OCH3 is 2. The van der Waals surface area contributed by atoms with Gasteiger partial charge in [-0.25, -0.2) is 0 Å². The molecule has 21 heavy (non-hydrogen) atoms. The van der Waals surface area contributed by atoms with E-state index in [0.717, 1.165) is 25.3 Å². The molecule has 0 radical (unpaired) electrons. The molecule has 3 atom stereocenters. The Morgan fingerprint density at radius 2 is 2.10 bits per heavy atom. The van der Waals surface area contributed by atoms with E-state index in [1.54, 1.807) is 7.11 Å². The highest BCUT2D eigenvalue weighted by Gasteiger charge is 2.28. The van der Waals surface area contributed by atoms with Crippen LogP contribution in [0.2, 0.25) is 0 Å². The lowest BCUT2D eigenvalue weighted by Crippen LogP contribution is -2.44. The van der Waals surface area contributed by atoms with Gasteiger partial charge in [0.1, 0.15) is 5.75 Å². The highest BCUT2D eigenvalue weighted by atomic mass is 16.5. The lowest BCUT2D eigenvalue weighted by atomic mass is 9.94. The van der Waals surface area contributed by atoms with Crippen LogP contribution in [0, 0.1) is 5.92 Å². The van der Waals surface area contributed by atoms with E-state index < -0.39 is 0 Å². The summed E-state index contributed by atoms with van der Waals surface area (Å²) in [5.74, 6) is 1.56. The number of nitrogens with one attached hydrogen (secondary N) is 1. The van der Waals surface area contributed by atoms with Crippen LogP contribution in [-0.2, 0) is 4.74 Å². The Kier molecular flexibility index (Phi) is 5.48. The minimum absolute atomic E-state index is 0.247. The molecule has 1 heterocycles. The molecule has 4 nitrogen and oxygen atoms in total. The number of piperidine rings is 1. The summed E-state index contributed by atoms with van der Waals surface area (Å²) in [6, 6.07) is 6.54. The summed E-state index contributed by atoms with van der Waals surface area (Å²) in [5, 5.41) is 3.33. The Labute approximate surface area is 128 Å². The molecule has 0 saturated carbocycles. The summed E-state index contributed by atoms with van der Waals surface area (Å²) in [7, 11) is 5.53. The Balaban J connectivity index is 2.34. The maximum Gasteiger partial charge on any atom is 0.125 e. The molecule has 1 aliphatic heterocycles. The molecule has 3 unspecified atom stereocenters. The maximum absolute atomic E-state index is 5.65. The third-order valence-electron chi connectivity index (χ3n) is 4.66. The molecule has 1 saturated heterocycles. The number of ether oxygens (including phenoxy) is 2. The Bertz CT molecular complexity index is 464. The summed E-state index contributed by atoms with van der Waals surface area (Å²) >= 11 is 0. The molecule has 118 valence electrons. The van der Waals surface area contributed by atoms with E-state index in [-0.39, 0.29) is 6.04 Å². The van der Waals surface area contributed by atoms with Gasteiger partial charge in [-0.1, -0.05) is 13.0 Å². The number of rotatable bonds is 5. The third-order valence-corrected chi connectivity index (χ3v) is 4.66. The SMILES string of the molecule is CNC(C)c1c(OC)cccc1N1CCC(C)C(OC)C1. The summed E-state index contributed by atoms with van der Waals surface area (Å²) < 4.78 is 11.2. The van der Waals surface area contributed by atoms with E-state index in [4.69, 9.17) is 9.47 Å². The summed E-state index contributed by atoms with van der Waals surface area (Å²) in [5.41, 5.74) is 2.48. The van der Waals surface area contributed by atoms with Crippen LogP contribution in [0.5, 0.6) is 5.75 Å². The van der Waals surface area contributed by atoms with Crippen LogP contribution in [0.25, 0.3) is 0 Å². The predicted molar refractivity (Wildman–Crippen MR) is 87.3 cm³/mol. The molecule has 1 N–H and O–H groups in total. The second-order valence-corrected chi connectivity index (χ2v) is 5.89. The minimum Gasteiger partial charge on any atom is -0.496 e. The maximum atomic E-state index is 5.65. The molecule has 0 bridgehead atoms. The first-order valence-electron chi connectivity index (χ1n) is 7.74. The number of anilines is 1. The second kappa shape index (κ2) is 7.14. The van der Waals surface area contributed by atoms with Gasteiger partial charge in [0, 0.05) is 37.5 Å². The topological polar surface area (TPSA) is 33.7 Å². The number of hydrogen-bond acceptors (Lipinski definition) is 4. The molecular weight excluding hydrogens is 264 g/mol. The van der Waals surface area contributed by atoms with E-state index in [0.29, 0.717) is 12.0 Å². The lowest BCUT2D eigenvalue weighted by Gasteiger charge is -2.39. The van der Waals surface area contributed by atoms with E-state index in [1.807, 2.05) is 20.2 Å². The molecule has 0 aliphatic carbocycles. The fraction of sp³-hybridized carbons (Fsp3) is 0.647. The Hall–Kier alpha value is -1.26. The molecule has 1 fully saturated rings. The van der Waals surface area contributed by atoms with Crippen molar-refractivity contribution in [2.45, 2.75) is 32.4 Å². The Morgan fingerprint density at radius 1 is 1.33 bits per heavy atom. The average Bonchev–Trinajstić information content (AvgIpc) is 2.53. The third kappa shape index (κ3) is 3.33. The van der Waals surface area contributed by atoms with Crippen LogP contribution in [0.1, 0.15) is 31.9 Å². The van der Waals surface area contributed by atoms with Gasteiger partial charge in [-0.15, -0.1) is 0 Å². The van der Waals surface area contributed by atoms with E-state index in [9.17, 15) is 0 Å². The first-order valence-corrected chi connectivity index (χ1v) is 7.74. The lowest BCUT2D eigenvalue weighted by molar-refractivity contribution is 0.0498. The highest BCUT2D eigenvalue weighted by Crippen LogP contribution is 2.36. The van der Waals surface area contributed by atoms with Crippen molar-refractivity contribution in [1.29, 1.82) is 0 Å². The quantitative estimate of drug-likeness (QED) is 0.905. The van der Waals surface area contributed by atoms with Gasteiger partial charge >= 0.3 is 0 Å². The van der Waals surface area contributed by atoms with E-state index in [2.05, 4.69) is 36.2 Å². The molecule has 1 aromatic carbocycles. The molecule has 0 spiro atoms. The van der Waals surface area contributed by atoms with Crippen molar-refractivity contribution in [2.75, 3.05) is 39.3 Å². The first-order chi connectivity index (χ1) is 10.1. The Morgan fingerprint density at radius 3 is 2.71 bits per heavy atom. The monoisotopic (exact) mass is 292 g/mol. The normalized spacial score (nSPS) is 24.0. The van der Waals surface area contributed by atoms with Crippen LogP contribution >= 0.6 is 0 Å². The number of nitrogens with zero attached hydrogens (tertiary/aromatic N) is 1. The second-order valence-electron chi connectivity index (χ2n) is 5.89. The largest absolute Gasteiger partial charge is 0.496 e. The summed E-state index contributed by atoms with van der Waals surface area (Å²) in [6.07, 6.45) is 1.45. The summed E-state index contributed by atoms with van der Waals surface area (Å²) in [4.78, 5) is 2.43.